The quantitative estimate of drug-likeness (QED) is 0.729. The molecule has 0 radical (unpaired) electrons. The highest BCUT2D eigenvalue weighted by molar-refractivity contribution is 5.38. The van der Waals surface area contributed by atoms with E-state index >= 15 is 0 Å². The smallest absolute Gasteiger partial charge is 0.176 e. The summed E-state index contributed by atoms with van der Waals surface area (Å²) in [5, 5.41) is 8.53. The Bertz CT molecular complexity index is 434. The first-order valence-corrected chi connectivity index (χ1v) is 5.07. The second kappa shape index (κ2) is 3.62. The molecule has 0 amide bonds. The highest BCUT2D eigenvalue weighted by atomic mass is 19.2. The zero-order valence-electron chi connectivity index (χ0n) is 8.43. The van der Waals surface area contributed by atoms with Crippen molar-refractivity contribution < 1.29 is 8.78 Å². The Labute approximate surface area is 87.3 Å². The maximum Gasteiger partial charge on any atom is 0.176 e. The molecule has 1 aromatic rings. The summed E-state index contributed by atoms with van der Waals surface area (Å²) >= 11 is 0. The van der Waals surface area contributed by atoms with E-state index in [1.165, 1.54) is 12.1 Å². The van der Waals surface area contributed by atoms with Crippen LogP contribution in [0, 0.1) is 28.9 Å². The van der Waals surface area contributed by atoms with Crippen molar-refractivity contribution in [1.82, 2.24) is 0 Å². The molecule has 78 valence electrons. The largest absolute Gasteiger partial charge is 0.203 e. The zero-order valence-corrected chi connectivity index (χ0v) is 8.43. The minimum Gasteiger partial charge on any atom is -0.203 e. The highest BCUT2D eigenvalue weighted by Gasteiger charge is 2.39. The molecule has 1 saturated carbocycles. The van der Waals surface area contributed by atoms with Gasteiger partial charge in [0.25, 0.3) is 0 Å². The molecule has 0 unspecified atom stereocenters. The maximum atomic E-state index is 13.5. The van der Waals surface area contributed by atoms with Crippen molar-refractivity contribution in [1.29, 1.82) is 5.26 Å². The van der Waals surface area contributed by atoms with Crippen LogP contribution >= 0.6 is 0 Å². The van der Waals surface area contributed by atoms with Gasteiger partial charge in [-0.25, -0.2) is 8.78 Å². The Morgan fingerprint density at radius 3 is 2.67 bits per heavy atom. The Morgan fingerprint density at radius 1 is 1.40 bits per heavy atom. The SMILES string of the molecule is CC[C@H]1C[C@@H]1c1ccc(C#N)c(F)c1F. The minimum absolute atomic E-state index is 0.150. The molecule has 0 aliphatic heterocycles. The molecule has 2 rings (SSSR count). The van der Waals surface area contributed by atoms with E-state index in [0.29, 0.717) is 11.5 Å². The summed E-state index contributed by atoms with van der Waals surface area (Å²) in [7, 11) is 0. The second-order valence-corrected chi connectivity index (χ2v) is 3.95. The summed E-state index contributed by atoms with van der Waals surface area (Å²) in [4.78, 5) is 0. The van der Waals surface area contributed by atoms with E-state index in [2.05, 4.69) is 0 Å². The summed E-state index contributed by atoms with van der Waals surface area (Å²) in [5.41, 5.74) is 0.211. The van der Waals surface area contributed by atoms with Gasteiger partial charge in [0.15, 0.2) is 11.6 Å². The van der Waals surface area contributed by atoms with Gasteiger partial charge in [0.05, 0.1) is 5.56 Å². The maximum absolute atomic E-state index is 13.5. The highest BCUT2D eigenvalue weighted by Crippen LogP contribution is 2.50. The molecule has 1 aliphatic rings. The fourth-order valence-corrected chi connectivity index (χ4v) is 2.02. The third kappa shape index (κ3) is 1.61. The summed E-state index contributed by atoms with van der Waals surface area (Å²) in [6, 6.07) is 4.53. The molecule has 1 aromatic carbocycles. The van der Waals surface area contributed by atoms with Crippen LogP contribution in [-0.2, 0) is 0 Å². The lowest BCUT2D eigenvalue weighted by molar-refractivity contribution is 0.495. The molecule has 0 aromatic heterocycles. The van der Waals surface area contributed by atoms with E-state index in [4.69, 9.17) is 5.26 Å². The van der Waals surface area contributed by atoms with Gasteiger partial charge >= 0.3 is 0 Å². The fourth-order valence-electron chi connectivity index (χ4n) is 2.02. The Kier molecular flexibility index (Phi) is 2.44. The number of hydrogen-bond donors (Lipinski definition) is 0. The van der Waals surface area contributed by atoms with Crippen molar-refractivity contribution in [2.24, 2.45) is 5.92 Å². The van der Waals surface area contributed by atoms with Gasteiger partial charge in [-0.15, -0.1) is 0 Å². The summed E-state index contributed by atoms with van der Waals surface area (Å²) in [6.45, 7) is 2.04. The van der Waals surface area contributed by atoms with Crippen LogP contribution in [0.1, 0.15) is 36.8 Å². The first kappa shape index (κ1) is 10.1. The standard InChI is InChI=1S/C12H11F2N/c1-2-7-5-10(7)9-4-3-8(6-15)11(13)12(9)14/h3-4,7,10H,2,5H2,1H3/t7-,10-/m0/s1. The van der Waals surface area contributed by atoms with Crippen molar-refractivity contribution in [2.45, 2.75) is 25.7 Å². The third-order valence-electron chi connectivity index (χ3n) is 3.08. The molecule has 0 N–H and O–H groups in total. The van der Waals surface area contributed by atoms with Crippen LogP contribution in [0.4, 0.5) is 8.78 Å². The molecule has 0 saturated heterocycles. The molecule has 1 nitrogen and oxygen atoms in total. The average Bonchev–Trinajstić information content (AvgIpc) is 3.01. The van der Waals surface area contributed by atoms with Gasteiger partial charge in [0, 0.05) is 0 Å². The molecule has 3 heteroatoms. The van der Waals surface area contributed by atoms with Gasteiger partial charge in [-0.2, -0.15) is 5.26 Å². The van der Waals surface area contributed by atoms with Gasteiger partial charge < -0.3 is 0 Å². The molecule has 15 heavy (non-hydrogen) atoms. The molecule has 1 aliphatic carbocycles. The van der Waals surface area contributed by atoms with Gasteiger partial charge in [-0.3, -0.25) is 0 Å². The zero-order chi connectivity index (χ0) is 11.0. The molecule has 1 fully saturated rings. The second-order valence-electron chi connectivity index (χ2n) is 3.95. The molecular formula is C12H11F2N. The fraction of sp³-hybridized carbons (Fsp3) is 0.417. The van der Waals surface area contributed by atoms with Crippen LogP contribution in [0.15, 0.2) is 12.1 Å². The number of nitriles is 1. The normalized spacial score (nSPS) is 23.6. The monoisotopic (exact) mass is 207 g/mol. The van der Waals surface area contributed by atoms with Crippen LogP contribution in [0.25, 0.3) is 0 Å². The minimum atomic E-state index is -1.00. The molecule has 0 heterocycles. The molecule has 0 spiro atoms. The Hall–Kier alpha value is -1.43. The van der Waals surface area contributed by atoms with Crippen molar-refractivity contribution in [3.8, 4) is 6.07 Å². The predicted molar refractivity (Wildman–Crippen MR) is 52.2 cm³/mol. The van der Waals surface area contributed by atoms with Crippen molar-refractivity contribution in [2.75, 3.05) is 0 Å². The van der Waals surface area contributed by atoms with Crippen molar-refractivity contribution in [3.05, 3.63) is 34.9 Å². The van der Waals surface area contributed by atoms with Gasteiger partial charge in [0.1, 0.15) is 6.07 Å². The third-order valence-corrected chi connectivity index (χ3v) is 3.08. The van der Waals surface area contributed by atoms with Gasteiger partial charge in [0.2, 0.25) is 0 Å². The molecular weight excluding hydrogens is 196 g/mol. The van der Waals surface area contributed by atoms with Gasteiger partial charge in [-0.1, -0.05) is 19.4 Å². The number of rotatable bonds is 2. The lowest BCUT2D eigenvalue weighted by Crippen LogP contribution is -1.96. The lowest BCUT2D eigenvalue weighted by atomic mass is 10.0. The lowest BCUT2D eigenvalue weighted by Gasteiger charge is -2.03. The van der Waals surface area contributed by atoms with Crippen LogP contribution in [0.2, 0.25) is 0 Å². The van der Waals surface area contributed by atoms with Crippen LogP contribution in [0.3, 0.4) is 0 Å². The Morgan fingerprint density at radius 2 is 2.13 bits per heavy atom. The topological polar surface area (TPSA) is 23.8 Å². The summed E-state index contributed by atoms with van der Waals surface area (Å²) in [6.07, 6.45) is 1.92. The van der Waals surface area contributed by atoms with E-state index in [0.717, 1.165) is 12.8 Å². The Balaban J connectivity index is 2.36. The van der Waals surface area contributed by atoms with E-state index in [1.54, 1.807) is 6.07 Å². The van der Waals surface area contributed by atoms with Crippen molar-refractivity contribution in [3.63, 3.8) is 0 Å². The van der Waals surface area contributed by atoms with E-state index in [-0.39, 0.29) is 11.5 Å². The predicted octanol–water partition coefficient (Wildman–Crippen LogP) is 3.35. The molecule has 0 bridgehead atoms. The molecule has 2 atom stereocenters. The summed E-state index contributed by atoms with van der Waals surface area (Å²) in [5.74, 6) is -1.21. The first-order valence-electron chi connectivity index (χ1n) is 5.07. The van der Waals surface area contributed by atoms with Crippen LogP contribution in [-0.4, -0.2) is 0 Å². The van der Waals surface area contributed by atoms with Crippen LogP contribution in [0.5, 0.6) is 0 Å². The number of nitrogens with zero attached hydrogens (tertiary/aromatic N) is 1. The number of halogens is 2. The average molecular weight is 207 g/mol. The van der Waals surface area contributed by atoms with E-state index < -0.39 is 11.6 Å². The summed E-state index contributed by atoms with van der Waals surface area (Å²) < 4.78 is 26.8. The van der Waals surface area contributed by atoms with E-state index in [9.17, 15) is 8.78 Å². The number of hydrogen-bond acceptors (Lipinski definition) is 1. The van der Waals surface area contributed by atoms with E-state index in [1.807, 2.05) is 6.92 Å². The first-order chi connectivity index (χ1) is 7.19. The van der Waals surface area contributed by atoms with Gasteiger partial charge in [-0.05, 0) is 29.9 Å². The van der Waals surface area contributed by atoms with Crippen molar-refractivity contribution >= 4 is 0 Å². The van der Waals surface area contributed by atoms with Crippen LogP contribution < -0.4 is 0 Å². The number of benzene rings is 1.